The van der Waals surface area contributed by atoms with Crippen molar-refractivity contribution in [2.45, 2.75) is 35.8 Å². The molecule has 0 radical (unpaired) electrons. The van der Waals surface area contributed by atoms with Crippen LogP contribution in [0.15, 0.2) is 38.3 Å². The Hall–Kier alpha value is -0.450. The van der Waals surface area contributed by atoms with Gasteiger partial charge in [0.1, 0.15) is 0 Å². The lowest BCUT2D eigenvalue weighted by Gasteiger charge is -2.28. The lowest BCUT2D eigenvalue weighted by Crippen LogP contribution is -2.19. The van der Waals surface area contributed by atoms with Crippen LogP contribution in [0, 0.1) is 6.92 Å². The zero-order chi connectivity index (χ0) is 13.4. The molecule has 1 aromatic carbocycles. The van der Waals surface area contributed by atoms with Crippen molar-refractivity contribution >= 4 is 44.7 Å². The number of nitrogens with one attached hydrogen (secondary N) is 1. The van der Waals surface area contributed by atoms with E-state index in [-0.39, 0.29) is 0 Å². The normalized spacial score (nSPS) is 22.1. The Balaban J connectivity index is 1.88. The second-order valence-electron chi connectivity index (χ2n) is 5.04. The van der Waals surface area contributed by atoms with Crippen LogP contribution in [0.4, 0.5) is 5.69 Å². The molecular weight excluding hydrogens is 338 g/mol. The number of thiophene rings is 1. The van der Waals surface area contributed by atoms with Gasteiger partial charge in [-0.25, -0.2) is 0 Å². The van der Waals surface area contributed by atoms with Gasteiger partial charge in [0, 0.05) is 15.4 Å². The fraction of sp³-hybridized carbons (Fsp3) is 0.333. The highest BCUT2D eigenvalue weighted by atomic mass is 79.9. The summed E-state index contributed by atoms with van der Waals surface area (Å²) in [5.74, 6) is 0. The summed E-state index contributed by atoms with van der Waals surface area (Å²) in [6, 6.07) is 9.21. The Morgan fingerprint density at radius 3 is 2.95 bits per heavy atom. The predicted molar refractivity (Wildman–Crippen MR) is 89.5 cm³/mol. The van der Waals surface area contributed by atoms with Crippen LogP contribution in [-0.4, -0.2) is 5.25 Å². The molecule has 0 saturated heterocycles. The largest absolute Gasteiger partial charge is 0.378 e. The van der Waals surface area contributed by atoms with Gasteiger partial charge in [-0.2, -0.15) is 0 Å². The van der Waals surface area contributed by atoms with E-state index in [1.54, 1.807) is 0 Å². The standard InChI is InChI=1S/C15H16BrNS2/c1-9-5-11(16)8-12(6-9)17-14-7-10(2)19-15-13(14)3-4-18-15/h3-6,8,10,14,17H,7H2,1-2H3/t10-,14?/m0/s1. The number of fused-ring (bicyclic) bond motifs is 1. The first-order valence-corrected chi connectivity index (χ1v) is 8.95. The van der Waals surface area contributed by atoms with Gasteiger partial charge in [-0.3, -0.25) is 0 Å². The molecule has 1 aliphatic heterocycles. The van der Waals surface area contributed by atoms with Crippen molar-refractivity contribution in [2.75, 3.05) is 5.32 Å². The van der Waals surface area contributed by atoms with Crippen molar-refractivity contribution in [1.82, 2.24) is 0 Å². The fourth-order valence-corrected chi connectivity index (χ4v) is 5.68. The molecule has 4 heteroatoms. The summed E-state index contributed by atoms with van der Waals surface area (Å²) in [6.45, 7) is 4.44. The Morgan fingerprint density at radius 2 is 2.16 bits per heavy atom. The zero-order valence-corrected chi connectivity index (χ0v) is 14.2. The van der Waals surface area contributed by atoms with Crippen LogP contribution in [0.2, 0.25) is 0 Å². The number of hydrogen-bond donors (Lipinski definition) is 1. The first-order valence-electron chi connectivity index (χ1n) is 6.39. The quantitative estimate of drug-likeness (QED) is 0.725. The van der Waals surface area contributed by atoms with Crippen molar-refractivity contribution in [3.05, 3.63) is 45.2 Å². The number of anilines is 1. The highest BCUT2D eigenvalue weighted by molar-refractivity contribution is 9.10. The molecule has 1 aromatic heterocycles. The Morgan fingerprint density at radius 1 is 1.32 bits per heavy atom. The van der Waals surface area contributed by atoms with E-state index in [2.05, 4.69) is 64.7 Å². The molecule has 1 nitrogen and oxygen atoms in total. The third kappa shape index (κ3) is 3.01. The predicted octanol–water partition coefficient (Wildman–Crippen LogP) is 5.86. The van der Waals surface area contributed by atoms with Crippen LogP contribution in [0.3, 0.4) is 0 Å². The molecule has 0 saturated carbocycles. The van der Waals surface area contributed by atoms with Gasteiger partial charge in [-0.15, -0.1) is 23.1 Å². The van der Waals surface area contributed by atoms with E-state index in [4.69, 9.17) is 0 Å². The molecule has 2 aromatic rings. The van der Waals surface area contributed by atoms with Crippen molar-refractivity contribution in [2.24, 2.45) is 0 Å². The van der Waals surface area contributed by atoms with Crippen LogP contribution in [0.1, 0.15) is 30.5 Å². The van der Waals surface area contributed by atoms with Gasteiger partial charge < -0.3 is 5.32 Å². The number of halogens is 1. The first kappa shape index (κ1) is 13.5. The van der Waals surface area contributed by atoms with Gasteiger partial charge in [-0.05, 0) is 54.1 Å². The van der Waals surface area contributed by atoms with E-state index in [1.807, 2.05) is 23.1 Å². The first-order chi connectivity index (χ1) is 9.11. The minimum Gasteiger partial charge on any atom is -0.378 e. The molecule has 0 amide bonds. The highest BCUT2D eigenvalue weighted by Gasteiger charge is 2.26. The third-order valence-corrected chi connectivity index (χ3v) is 6.09. The molecular formula is C15H16BrNS2. The number of thioether (sulfide) groups is 1. The van der Waals surface area contributed by atoms with Gasteiger partial charge >= 0.3 is 0 Å². The van der Waals surface area contributed by atoms with Gasteiger partial charge in [0.15, 0.2) is 0 Å². The zero-order valence-electron chi connectivity index (χ0n) is 10.9. The van der Waals surface area contributed by atoms with E-state index in [1.165, 1.54) is 27.4 Å². The van der Waals surface area contributed by atoms with E-state index in [0.29, 0.717) is 11.3 Å². The number of hydrogen-bond acceptors (Lipinski definition) is 3. The van der Waals surface area contributed by atoms with Crippen LogP contribution in [-0.2, 0) is 0 Å². The minimum absolute atomic E-state index is 0.436. The lowest BCUT2D eigenvalue weighted by atomic mass is 10.0. The summed E-state index contributed by atoms with van der Waals surface area (Å²) in [6.07, 6.45) is 1.18. The summed E-state index contributed by atoms with van der Waals surface area (Å²) in [4.78, 5) is 0. The summed E-state index contributed by atoms with van der Waals surface area (Å²) >= 11 is 7.44. The van der Waals surface area contributed by atoms with Crippen LogP contribution in [0.25, 0.3) is 0 Å². The van der Waals surface area contributed by atoms with Crippen LogP contribution < -0.4 is 5.32 Å². The third-order valence-electron chi connectivity index (χ3n) is 3.29. The molecule has 0 bridgehead atoms. The second-order valence-corrected chi connectivity index (χ2v) is 8.58. The lowest BCUT2D eigenvalue weighted by molar-refractivity contribution is 0.670. The Kier molecular flexibility index (Phi) is 3.92. The fourth-order valence-electron chi connectivity index (χ4n) is 2.51. The Labute approximate surface area is 130 Å². The van der Waals surface area contributed by atoms with E-state index in [9.17, 15) is 0 Å². The van der Waals surface area contributed by atoms with Crippen molar-refractivity contribution in [1.29, 1.82) is 0 Å². The number of benzene rings is 1. The van der Waals surface area contributed by atoms with E-state index < -0.39 is 0 Å². The molecule has 19 heavy (non-hydrogen) atoms. The van der Waals surface area contributed by atoms with E-state index in [0.717, 1.165) is 4.47 Å². The topological polar surface area (TPSA) is 12.0 Å². The van der Waals surface area contributed by atoms with Gasteiger partial charge in [0.25, 0.3) is 0 Å². The average molecular weight is 354 g/mol. The van der Waals surface area contributed by atoms with Crippen LogP contribution in [0.5, 0.6) is 0 Å². The van der Waals surface area contributed by atoms with Gasteiger partial charge in [0.05, 0.1) is 10.3 Å². The molecule has 0 fully saturated rings. The Bertz CT molecular complexity index is 573. The smallest absolute Gasteiger partial charge is 0.0653 e. The maximum Gasteiger partial charge on any atom is 0.0653 e. The maximum absolute atomic E-state index is 3.70. The molecule has 2 heterocycles. The van der Waals surface area contributed by atoms with E-state index >= 15 is 0 Å². The molecule has 100 valence electrons. The SMILES string of the molecule is Cc1cc(Br)cc(NC2C[C@H](C)Sc3sccc32)c1. The maximum atomic E-state index is 3.70. The molecule has 1 unspecified atom stereocenters. The summed E-state index contributed by atoms with van der Waals surface area (Å²) in [7, 11) is 0. The van der Waals surface area contributed by atoms with Crippen molar-refractivity contribution < 1.29 is 0 Å². The second kappa shape index (κ2) is 5.51. The molecule has 0 spiro atoms. The minimum atomic E-state index is 0.436. The summed E-state index contributed by atoms with van der Waals surface area (Å²) in [5.41, 5.74) is 3.94. The average Bonchev–Trinajstić information content (AvgIpc) is 2.75. The monoisotopic (exact) mass is 353 g/mol. The summed E-state index contributed by atoms with van der Waals surface area (Å²) in [5, 5.41) is 6.58. The molecule has 1 aliphatic rings. The van der Waals surface area contributed by atoms with Gasteiger partial charge in [0.2, 0.25) is 0 Å². The summed E-state index contributed by atoms with van der Waals surface area (Å²) < 4.78 is 2.61. The molecule has 3 rings (SSSR count). The molecule has 1 N–H and O–H groups in total. The number of rotatable bonds is 2. The molecule has 2 atom stereocenters. The molecule has 0 aliphatic carbocycles. The van der Waals surface area contributed by atoms with Gasteiger partial charge in [-0.1, -0.05) is 22.9 Å². The van der Waals surface area contributed by atoms with Crippen molar-refractivity contribution in [3.8, 4) is 0 Å². The highest BCUT2D eigenvalue weighted by Crippen LogP contribution is 2.45. The van der Waals surface area contributed by atoms with Crippen molar-refractivity contribution in [3.63, 3.8) is 0 Å². The van der Waals surface area contributed by atoms with Crippen LogP contribution >= 0.6 is 39.0 Å². The number of aryl methyl sites for hydroxylation is 1.